The third-order valence-corrected chi connectivity index (χ3v) is 6.20. The number of hydrogen-bond acceptors (Lipinski definition) is 3. The minimum Gasteiger partial charge on any atom is -0.350 e. The molecule has 2 N–H and O–H groups in total. The van der Waals surface area contributed by atoms with Crippen molar-refractivity contribution < 1.29 is 9.59 Å². The maximum absolute atomic E-state index is 12.5. The summed E-state index contributed by atoms with van der Waals surface area (Å²) in [6.45, 7) is 2.84. The summed E-state index contributed by atoms with van der Waals surface area (Å²) in [6, 6.07) is 9.28. The number of benzene rings is 1. The standard InChI is InChI=1S/C21H29N3O2/c1-14(16-4-8-19(9-5-16)24-10-2-3-21(24)26)22-20(25)13-15-11-17-6-7-18(12-15)23-17/h4-5,8-9,14-15,17-18,23H,2-3,6-7,10-13H2,1H3,(H,22,25). The van der Waals surface area contributed by atoms with Gasteiger partial charge in [0.25, 0.3) is 0 Å². The molecule has 3 fully saturated rings. The summed E-state index contributed by atoms with van der Waals surface area (Å²) in [5.74, 6) is 0.877. The van der Waals surface area contributed by atoms with Crippen molar-refractivity contribution >= 4 is 17.5 Å². The van der Waals surface area contributed by atoms with Crippen LogP contribution in [-0.2, 0) is 9.59 Å². The largest absolute Gasteiger partial charge is 0.350 e. The first-order valence-electron chi connectivity index (χ1n) is 10.0. The molecule has 1 aromatic rings. The Morgan fingerprint density at radius 3 is 2.54 bits per heavy atom. The van der Waals surface area contributed by atoms with E-state index in [2.05, 4.69) is 10.6 Å². The van der Waals surface area contributed by atoms with Crippen LogP contribution in [-0.4, -0.2) is 30.4 Å². The van der Waals surface area contributed by atoms with E-state index in [1.807, 2.05) is 36.1 Å². The number of rotatable bonds is 5. The van der Waals surface area contributed by atoms with E-state index in [0.29, 0.717) is 30.8 Å². The van der Waals surface area contributed by atoms with Crippen LogP contribution < -0.4 is 15.5 Å². The number of anilines is 1. The average Bonchev–Trinajstić information content (AvgIpc) is 3.20. The lowest BCUT2D eigenvalue weighted by Crippen LogP contribution is -2.40. The third kappa shape index (κ3) is 3.78. The Morgan fingerprint density at radius 2 is 1.92 bits per heavy atom. The summed E-state index contributed by atoms with van der Waals surface area (Å²) in [5, 5.41) is 6.78. The Bertz CT molecular complexity index is 660. The van der Waals surface area contributed by atoms with Crippen LogP contribution in [0.1, 0.15) is 63.5 Å². The molecule has 2 amide bonds. The SMILES string of the molecule is CC(NC(=O)CC1CC2CCC(C1)N2)c1ccc(N2CCCC2=O)cc1. The minimum absolute atomic E-state index is 0.00994. The fraction of sp³-hybridized carbons (Fsp3) is 0.619. The molecule has 1 aromatic carbocycles. The van der Waals surface area contributed by atoms with E-state index in [0.717, 1.165) is 37.1 Å². The second-order valence-corrected chi connectivity index (χ2v) is 8.21. The predicted molar refractivity (Wildman–Crippen MR) is 102 cm³/mol. The molecule has 0 aromatic heterocycles. The lowest BCUT2D eigenvalue weighted by molar-refractivity contribution is -0.123. The van der Waals surface area contributed by atoms with Crippen molar-refractivity contribution in [2.75, 3.05) is 11.4 Å². The summed E-state index contributed by atoms with van der Waals surface area (Å²) in [7, 11) is 0. The molecule has 3 aliphatic heterocycles. The molecule has 4 rings (SSSR count). The highest BCUT2D eigenvalue weighted by molar-refractivity contribution is 5.95. The summed E-state index contributed by atoms with van der Waals surface area (Å²) in [5.41, 5.74) is 2.04. The molecule has 26 heavy (non-hydrogen) atoms. The lowest BCUT2D eigenvalue weighted by atomic mass is 9.89. The van der Waals surface area contributed by atoms with Gasteiger partial charge in [0.2, 0.25) is 11.8 Å². The fourth-order valence-corrected chi connectivity index (χ4v) is 4.85. The summed E-state index contributed by atoms with van der Waals surface area (Å²) in [6.07, 6.45) is 7.03. The Kier molecular flexibility index (Phi) is 4.98. The molecule has 3 saturated heterocycles. The first-order valence-corrected chi connectivity index (χ1v) is 10.0. The van der Waals surface area contributed by atoms with Gasteiger partial charge in [0.15, 0.2) is 0 Å². The molecule has 3 heterocycles. The normalized spacial score (nSPS) is 29.0. The van der Waals surface area contributed by atoms with E-state index in [4.69, 9.17) is 0 Å². The van der Waals surface area contributed by atoms with E-state index >= 15 is 0 Å². The van der Waals surface area contributed by atoms with Crippen molar-refractivity contribution in [1.82, 2.24) is 10.6 Å². The monoisotopic (exact) mass is 355 g/mol. The third-order valence-electron chi connectivity index (χ3n) is 6.20. The number of piperidine rings is 1. The van der Waals surface area contributed by atoms with Crippen LogP contribution in [0.25, 0.3) is 0 Å². The van der Waals surface area contributed by atoms with Crippen LogP contribution in [0.15, 0.2) is 24.3 Å². The van der Waals surface area contributed by atoms with Gasteiger partial charge in [-0.1, -0.05) is 12.1 Å². The molecule has 140 valence electrons. The number of carbonyl (C=O) groups excluding carboxylic acids is 2. The molecule has 0 radical (unpaired) electrons. The number of fused-ring (bicyclic) bond motifs is 2. The summed E-state index contributed by atoms with van der Waals surface area (Å²) < 4.78 is 0. The fourth-order valence-electron chi connectivity index (χ4n) is 4.85. The van der Waals surface area contributed by atoms with Crippen molar-refractivity contribution in [1.29, 1.82) is 0 Å². The van der Waals surface area contributed by atoms with Crippen molar-refractivity contribution in [3.05, 3.63) is 29.8 Å². The molecule has 5 heteroatoms. The zero-order valence-electron chi connectivity index (χ0n) is 15.5. The van der Waals surface area contributed by atoms with E-state index in [1.54, 1.807) is 0 Å². The van der Waals surface area contributed by atoms with E-state index in [9.17, 15) is 9.59 Å². The van der Waals surface area contributed by atoms with Gasteiger partial charge in [0, 0.05) is 37.2 Å². The quantitative estimate of drug-likeness (QED) is 0.854. The highest BCUT2D eigenvalue weighted by atomic mass is 16.2. The Balaban J connectivity index is 1.30. The van der Waals surface area contributed by atoms with Crippen LogP contribution in [0, 0.1) is 5.92 Å². The smallest absolute Gasteiger partial charge is 0.227 e. The highest BCUT2D eigenvalue weighted by Crippen LogP contribution is 2.32. The molecule has 3 unspecified atom stereocenters. The van der Waals surface area contributed by atoms with Gasteiger partial charge in [-0.25, -0.2) is 0 Å². The zero-order valence-corrected chi connectivity index (χ0v) is 15.5. The molecule has 3 aliphatic rings. The Labute approximate surface area is 155 Å². The highest BCUT2D eigenvalue weighted by Gasteiger charge is 2.34. The molecule has 0 spiro atoms. The van der Waals surface area contributed by atoms with Crippen LogP contribution in [0.4, 0.5) is 5.69 Å². The van der Waals surface area contributed by atoms with Gasteiger partial charge in [-0.05, 0) is 62.6 Å². The first kappa shape index (κ1) is 17.5. The van der Waals surface area contributed by atoms with Gasteiger partial charge in [0.05, 0.1) is 6.04 Å². The molecular weight excluding hydrogens is 326 g/mol. The van der Waals surface area contributed by atoms with E-state index < -0.39 is 0 Å². The Hall–Kier alpha value is -1.88. The van der Waals surface area contributed by atoms with Gasteiger partial charge in [0.1, 0.15) is 0 Å². The molecule has 5 nitrogen and oxygen atoms in total. The maximum atomic E-state index is 12.5. The van der Waals surface area contributed by atoms with E-state index in [1.165, 1.54) is 12.8 Å². The second-order valence-electron chi connectivity index (χ2n) is 8.21. The van der Waals surface area contributed by atoms with Gasteiger partial charge < -0.3 is 15.5 Å². The van der Waals surface area contributed by atoms with Gasteiger partial charge in [-0.3, -0.25) is 9.59 Å². The number of nitrogens with zero attached hydrogens (tertiary/aromatic N) is 1. The van der Waals surface area contributed by atoms with E-state index in [-0.39, 0.29) is 17.9 Å². The summed E-state index contributed by atoms with van der Waals surface area (Å²) in [4.78, 5) is 26.2. The molecule has 0 saturated carbocycles. The van der Waals surface area contributed by atoms with Gasteiger partial charge in [-0.2, -0.15) is 0 Å². The first-order chi connectivity index (χ1) is 12.6. The van der Waals surface area contributed by atoms with Crippen LogP contribution in [0.3, 0.4) is 0 Å². The maximum Gasteiger partial charge on any atom is 0.227 e. The van der Waals surface area contributed by atoms with Crippen molar-refractivity contribution in [3.8, 4) is 0 Å². The van der Waals surface area contributed by atoms with Crippen LogP contribution in [0.2, 0.25) is 0 Å². The second kappa shape index (κ2) is 7.39. The summed E-state index contributed by atoms with van der Waals surface area (Å²) >= 11 is 0. The predicted octanol–water partition coefficient (Wildman–Crippen LogP) is 2.91. The molecule has 2 bridgehead atoms. The Morgan fingerprint density at radius 1 is 1.23 bits per heavy atom. The molecule has 0 aliphatic carbocycles. The lowest BCUT2D eigenvalue weighted by Gasteiger charge is -2.29. The molecule has 3 atom stereocenters. The zero-order chi connectivity index (χ0) is 18.1. The average molecular weight is 355 g/mol. The number of nitrogens with one attached hydrogen (secondary N) is 2. The minimum atomic E-state index is -0.00994. The number of hydrogen-bond donors (Lipinski definition) is 2. The van der Waals surface area contributed by atoms with Crippen molar-refractivity contribution in [2.45, 2.75) is 70.0 Å². The topological polar surface area (TPSA) is 61.4 Å². The molecular formula is C21H29N3O2. The van der Waals surface area contributed by atoms with Crippen molar-refractivity contribution in [3.63, 3.8) is 0 Å². The van der Waals surface area contributed by atoms with Gasteiger partial charge in [-0.15, -0.1) is 0 Å². The number of carbonyl (C=O) groups is 2. The number of amides is 2. The van der Waals surface area contributed by atoms with Crippen LogP contribution >= 0.6 is 0 Å². The van der Waals surface area contributed by atoms with Gasteiger partial charge >= 0.3 is 0 Å². The van der Waals surface area contributed by atoms with Crippen molar-refractivity contribution in [2.24, 2.45) is 5.92 Å². The van der Waals surface area contributed by atoms with Crippen LogP contribution in [0.5, 0.6) is 0 Å².